The summed E-state index contributed by atoms with van der Waals surface area (Å²) < 4.78 is 7.65. The molecule has 0 spiro atoms. The molecule has 12 nitrogen and oxygen atoms in total. The van der Waals surface area contributed by atoms with Gasteiger partial charge in [-0.3, -0.25) is 19.0 Å². The van der Waals surface area contributed by atoms with Gasteiger partial charge in [-0.25, -0.2) is 15.0 Å². The third-order valence-corrected chi connectivity index (χ3v) is 11.9. The molecule has 55 heavy (non-hydrogen) atoms. The van der Waals surface area contributed by atoms with Crippen LogP contribution in [0, 0.1) is 5.41 Å². The number of unbranched alkanes of at least 4 members (excludes halogenated alkanes) is 1. The highest BCUT2D eigenvalue weighted by atomic mass is 35.5. The number of hydrogen-bond acceptors (Lipinski definition) is 11. The van der Waals surface area contributed by atoms with Gasteiger partial charge in [0, 0.05) is 58.0 Å². The second-order valence-electron chi connectivity index (χ2n) is 14.9. The molecule has 2 aromatic carbocycles. The molecule has 3 heterocycles. The van der Waals surface area contributed by atoms with E-state index in [9.17, 15) is 24.6 Å². The summed E-state index contributed by atoms with van der Waals surface area (Å²) in [4.78, 5) is 55.0. The van der Waals surface area contributed by atoms with Gasteiger partial charge in [0.2, 0.25) is 5.91 Å². The van der Waals surface area contributed by atoms with Gasteiger partial charge in [-0.1, -0.05) is 55.8 Å². The first-order chi connectivity index (χ1) is 26.2. The van der Waals surface area contributed by atoms with Crippen molar-refractivity contribution in [2.75, 3.05) is 23.8 Å². The summed E-state index contributed by atoms with van der Waals surface area (Å²) in [5, 5.41) is 22.3. The molecule has 1 aliphatic carbocycles. The number of anilines is 1. The third kappa shape index (κ3) is 8.56. The molecule has 0 unspecified atom stereocenters. The zero-order valence-electron chi connectivity index (χ0n) is 31.7. The zero-order valence-corrected chi connectivity index (χ0v) is 33.2. The Bertz CT molecular complexity index is 2170. The van der Waals surface area contributed by atoms with Crippen molar-refractivity contribution < 1.29 is 29.3 Å². The zero-order chi connectivity index (χ0) is 39.6. The Morgan fingerprint density at radius 3 is 2.44 bits per heavy atom. The van der Waals surface area contributed by atoms with E-state index in [4.69, 9.17) is 22.1 Å². The fraction of sp³-hybridized carbons (Fsp3) is 0.415. The highest BCUT2D eigenvalue weighted by molar-refractivity contribution is 7.99. The van der Waals surface area contributed by atoms with Gasteiger partial charge >= 0.3 is 0 Å². The Kier molecular flexibility index (Phi) is 12.3. The molecule has 4 atom stereocenters. The number of carbonyl (C=O) groups excluding carboxylic acids is 3. The number of nitrogens with zero attached hydrogens (tertiary/aromatic N) is 5. The maximum atomic E-state index is 14.2. The van der Waals surface area contributed by atoms with Crippen molar-refractivity contribution >= 4 is 57.8 Å². The Morgan fingerprint density at radius 1 is 0.964 bits per heavy atom. The molecule has 0 bridgehead atoms. The van der Waals surface area contributed by atoms with Gasteiger partial charge in [-0.05, 0) is 74.3 Å². The average molecular weight is 787 g/mol. The van der Waals surface area contributed by atoms with Crippen LogP contribution in [-0.2, 0) is 25.7 Å². The van der Waals surface area contributed by atoms with E-state index >= 15 is 0 Å². The van der Waals surface area contributed by atoms with E-state index in [2.05, 4.69) is 21.0 Å². The maximum Gasteiger partial charge on any atom is 0.223 e. The van der Waals surface area contributed by atoms with E-state index in [0.717, 1.165) is 28.9 Å². The summed E-state index contributed by atoms with van der Waals surface area (Å²) in [6, 6.07) is 15.7. The number of ether oxygens (including phenoxy) is 1. The second-order valence-corrected chi connectivity index (χ2v) is 16.5. The van der Waals surface area contributed by atoms with Crippen LogP contribution in [0.2, 0.25) is 5.02 Å². The van der Waals surface area contributed by atoms with E-state index in [1.54, 1.807) is 37.1 Å². The number of thioether (sulfide) groups is 1. The van der Waals surface area contributed by atoms with Crippen LogP contribution >= 0.6 is 23.4 Å². The van der Waals surface area contributed by atoms with Gasteiger partial charge in [-0.2, -0.15) is 11.8 Å². The number of amides is 1. The van der Waals surface area contributed by atoms with Crippen molar-refractivity contribution in [3.63, 3.8) is 0 Å². The fourth-order valence-electron chi connectivity index (χ4n) is 7.35. The summed E-state index contributed by atoms with van der Waals surface area (Å²) in [7, 11) is 0. The van der Waals surface area contributed by atoms with Gasteiger partial charge in [0.1, 0.15) is 24.1 Å². The normalized spacial score (nSPS) is 20.6. The fourth-order valence-corrected chi connectivity index (χ4v) is 8.56. The first-order valence-corrected chi connectivity index (χ1v) is 19.8. The number of aliphatic hydroxyl groups is 2. The summed E-state index contributed by atoms with van der Waals surface area (Å²) in [6.45, 7) is 9.59. The lowest BCUT2D eigenvalue weighted by atomic mass is 9.71. The number of ketones is 2. The van der Waals surface area contributed by atoms with E-state index in [-0.39, 0.29) is 29.7 Å². The van der Waals surface area contributed by atoms with Crippen LogP contribution in [0.25, 0.3) is 22.3 Å². The molecule has 6 rings (SSSR count). The number of nitrogens with two attached hydrogens (primary N) is 1. The molecule has 4 N–H and O–H groups in total. The van der Waals surface area contributed by atoms with Crippen molar-refractivity contribution in [1.82, 2.24) is 24.4 Å². The van der Waals surface area contributed by atoms with Crippen molar-refractivity contribution in [3.05, 3.63) is 94.1 Å². The lowest BCUT2D eigenvalue weighted by Gasteiger charge is -2.33. The predicted octanol–water partition coefficient (Wildman–Crippen LogP) is 6.11. The van der Waals surface area contributed by atoms with Crippen LogP contribution < -0.4 is 5.73 Å². The van der Waals surface area contributed by atoms with Crippen LogP contribution in [0.1, 0.15) is 65.7 Å². The standard InChI is InChI=1S/C41H47ClN6O6S/c1-23-24(2)35(51)32(25(3)34(23)50)41(4,5)18-31(49)47(19-26-9-8-10-28(17-26)27-11-13-29(42)14-12-27)15-6-7-16-55-20-30-36(52)37(53)40(54-30)48-22-46-33-38(43)44-21-45-39(33)48/h8-14,17,21-22,30,36-37,40,52-53H,6-7,15-16,18-20H2,1-5H3,(H2,43,44,45)/t30-,36-,37-,40-/m1/s1. The number of Topliss-reactive ketones (excluding diaryl/α,β-unsaturated/α-hetero) is 2. The number of benzene rings is 2. The SMILES string of the molecule is CC1=C(C)C(=O)C(C(C)(C)CC(=O)N(CCCCSC[C@H]2O[C@@H](n3cnc4c(N)ncnc43)[C@H](O)[C@@H]2O)Cc2cccc(-c3ccc(Cl)cc3)c2)=C(C)C1=O. The monoisotopic (exact) mass is 786 g/mol. The van der Waals surface area contributed by atoms with Crippen LogP contribution in [0.4, 0.5) is 5.82 Å². The summed E-state index contributed by atoms with van der Waals surface area (Å²) in [5.74, 6) is 0.945. The van der Waals surface area contributed by atoms with Crippen molar-refractivity contribution in [1.29, 1.82) is 0 Å². The number of fused-ring (bicyclic) bond motifs is 1. The topological polar surface area (TPSA) is 174 Å². The van der Waals surface area contributed by atoms with Gasteiger partial charge in [0.05, 0.1) is 12.4 Å². The van der Waals surface area contributed by atoms with Gasteiger partial charge < -0.3 is 25.6 Å². The minimum atomic E-state index is -1.19. The summed E-state index contributed by atoms with van der Waals surface area (Å²) in [6.07, 6.45) is 0.523. The van der Waals surface area contributed by atoms with Crippen LogP contribution in [-0.4, -0.2) is 88.5 Å². The number of aromatic nitrogens is 4. The number of allylic oxidation sites excluding steroid dienone is 4. The molecular weight excluding hydrogens is 740 g/mol. The minimum Gasteiger partial charge on any atom is -0.387 e. The van der Waals surface area contributed by atoms with Crippen LogP contribution in [0.15, 0.2) is 83.5 Å². The summed E-state index contributed by atoms with van der Waals surface area (Å²) >= 11 is 7.72. The van der Waals surface area contributed by atoms with Gasteiger partial charge in [0.15, 0.2) is 29.3 Å². The molecule has 2 aliphatic rings. The molecule has 1 aliphatic heterocycles. The highest BCUT2D eigenvalue weighted by Gasteiger charge is 2.44. The maximum absolute atomic E-state index is 14.2. The minimum absolute atomic E-state index is 0.0574. The van der Waals surface area contributed by atoms with E-state index in [0.29, 0.717) is 63.7 Å². The largest absolute Gasteiger partial charge is 0.387 e. The van der Waals surface area contributed by atoms with E-state index in [1.165, 1.54) is 12.7 Å². The number of rotatable bonds is 14. The molecule has 1 saturated heterocycles. The number of imidazole rings is 1. The lowest BCUT2D eigenvalue weighted by molar-refractivity contribution is -0.133. The van der Waals surface area contributed by atoms with E-state index < -0.39 is 30.0 Å². The third-order valence-electron chi connectivity index (χ3n) is 10.5. The molecule has 0 saturated carbocycles. The molecule has 14 heteroatoms. The lowest BCUT2D eigenvalue weighted by Crippen LogP contribution is -2.38. The van der Waals surface area contributed by atoms with E-state index in [1.807, 2.05) is 61.2 Å². The first-order valence-electron chi connectivity index (χ1n) is 18.3. The summed E-state index contributed by atoms with van der Waals surface area (Å²) in [5.41, 5.74) is 10.5. The first kappa shape index (κ1) is 40.3. The molecule has 4 aromatic rings. The molecule has 0 radical (unpaired) electrons. The number of aliphatic hydroxyl groups excluding tert-OH is 2. The van der Waals surface area contributed by atoms with Crippen LogP contribution in [0.5, 0.6) is 0 Å². The molecule has 2 aromatic heterocycles. The predicted molar refractivity (Wildman–Crippen MR) is 214 cm³/mol. The number of halogens is 1. The Labute approximate surface area is 329 Å². The van der Waals surface area contributed by atoms with Crippen molar-refractivity contribution in [3.8, 4) is 11.1 Å². The Morgan fingerprint density at radius 2 is 1.69 bits per heavy atom. The quantitative estimate of drug-likeness (QED) is 0.0994. The average Bonchev–Trinajstić information content (AvgIpc) is 3.71. The van der Waals surface area contributed by atoms with Gasteiger partial charge in [0.25, 0.3) is 0 Å². The van der Waals surface area contributed by atoms with Crippen molar-refractivity contribution in [2.24, 2.45) is 5.41 Å². The number of nitrogen functional groups attached to an aromatic ring is 1. The highest BCUT2D eigenvalue weighted by Crippen LogP contribution is 2.40. The second kappa shape index (κ2) is 16.8. The van der Waals surface area contributed by atoms with Crippen molar-refractivity contribution in [2.45, 2.75) is 85.0 Å². The number of hydrogen-bond donors (Lipinski definition) is 3. The smallest absolute Gasteiger partial charge is 0.223 e. The van der Waals surface area contributed by atoms with Gasteiger partial charge in [-0.15, -0.1) is 0 Å². The number of carbonyl (C=O) groups is 3. The van der Waals surface area contributed by atoms with Crippen LogP contribution in [0.3, 0.4) is 0 Å². The molecule has 1 fully saturated rings. The molecule has 290 valence electrons. The Balaban J connectivity index is 1.10. The molecular formula is C41H47ClN6O6S. The Hall–Kier alpha value is -4.40. The molecule has 1 amide bonds.